The first-order chi connectivity index (χ1) is 10.2. The average molecular weight is 313 g/mol. The van der Waals surface area contributed by atoms with Crippen molar-refractivity contribution in [3.63, 3.8) is 0 Å². The van der Waals surface area contributed by atoms with E-state index in [1.54, 1.807) is 18.0 Å². The van der Waals surface area contributed by atoms with Crippen LogP contribution in [0.3, 0.4) is 0 Å². The Hall–Kier alpha value is -1.84. The van der Waals surface area contributed by atoms with Gasteiger partial charge in [-0.2, -0.15) is 0 Å². The molecule has 2 aromatic carbocycles. The largest absolute Gasteiger partial charge is 0.231 e. The van der Waals surface area contributed by atoms with Crippen molar-refractivity contribution < 1.29 is 0 Å². The number of nitrogens with zero attached hydrogens (tertiary/aromatic N) is 2. The Balaban J connectivity index is 1.86. The molecule has 0 saturated heterocycles. The molecule has 0 unspecified atom stereocenters. The maximum Gasteiger partial charge on any atom is 0.192 e. The molecule has 0 N–H and O–H groups in total. The Labute approximate surface area is 133 Å². The second-order valence-electron chi connectivity index (χ2n) is 4.65. The van der Waals surface area contributed by atoms with Crippen molar-refractivity contribution in [2.24, 2.45) is 0 Å². The highest BCUT2D eigenvalue weighted by atomic mass is 35.5. The molecular weight excluding hydrogens is 300 g/mol. The molecule has 0 aliphatic carbocycles. The lowest BCUT2D eigenvalue weighted by Crippen LogP contribution is -1.89. The van der Waals surface area contributed by atoms with Crippen LogP contribution in [0, 0.1) is 6.92 Å². The molecule has 0 atom stereocenters. The fourth-order valence-corrected chi connectivity index (χ4v) is 2.75. The van der Waals surface area contributed by atoms with Gasteiger partial charge in [-0.1, -0.05) is 41.4 Å². The third kappa shape index (κ3) is 3.63. The van der Waals surface area contributed by atoms with Crippen LogP contribution in [-0.2, 0) is 0 Å². The zero-order valence-corrected chi connectivity index (χ0v) is 13.0. The number of hydrogen-bond acceptors (Lipinski definition) is 3. The van der Waals surface area contributed by atoms with Gasteiger partial charge in [-0.05, 0) is 49.0 Å². The molecule has 0 spiro atoms. The second-order valence-corrected chi connectivity index (χ2v) is 6.12. The Kier molecular flexibility index (Phi) is 4.23. The number of halogens is 1. The molecule has 0 bridgehead atoms. The smallest absolute Gasteiger partial charge is 0.192 e. The highest BCUT2D eigenvalue weighted by molar-refractivity contribution is 7.99. The lowest BCUT2D eigenvalue weighted by molar-refractivity contribution is 0.972. The van der Waals surface area contributed by atoms with Crippen LogP contribution in [-0.4, -0.2) is 9.97 Å². The van der Waals surface area contributed by atoms with Gasteiger partial charge in [0.25, 0.3) is 0 Å². The first-order valence-electron chi connectivity index (χ1n) is 6.54. The summed E-state index contributed by atoms with van der Waals surface area (Å²) in [7, 11) is 0. The topological polar surface area (TPSA) is 25.8 Å². The van der Waals surface area contributed by atoms with Crippen LogP contribution in [0.1, 0.15) is 5.56 Å². The van der Waals surface area contributed by atoms with E-state index >= 15 is 0 Å². The summed E-state index contributed by atoms with van der Waals surface area (Å²) in [5.74, 6) is 0. The molecule has 3 rings (SSSR count). The van der Waals surface area contributed by atoms with Crippen molar-refractivity contribution in [1.82, 2.24) is 9.97 Å². The van der Waals surface area contributed by atoms with Crippen LogP contribution < -0.4 is 0 Å². The Morgan fingerprint density at radius 2 is 1.62 bits per heavy atom. The van der Waals surface area contributed by atoms with Crippen molar-refractivity contribution >= 4 is 23.4 Å². The van der Waals surface area contributed by atoms with Crippen LogP contribution in [0.25, 0.3) is 11.3 Å². The zero-order chi connectivity index (χ0) is 14.7. The average Bonchev–Trinajstić information content (AvgIpc) is 2.51. The van der Waals surface area contributed by atoms with Crippen molar-refractivity contribution in [3.05, 3.63) is 71.4 Å². The summed E-state index contributed by atoms with van der Waals surface area (Å²) < 4.78 is 0. The molecule has 0 amide bonds. The molecule has 1 heterocycles. The molecule has 0 fully saturated rings. The summed E-state index contributed by atoms with van der Waals surface area (Å²) in [6.45, 7) is 2.08. The molecule has 1 aromatic heterocycles. The van der Waals surface area contributed by atoms with E-state index < -0.39 is 0 Å². The maximum atomic E-state index is 5.91. The van der Waals surface area contributed by atoms with Crippen molar-refractivity contribution in [2.75, 3.05) is 0 Å². The van der Waals surface area contributed by atoms with Crippen LogP contribution in [0.2, 0.25) is 5.02 Å². The van der Waals surface area contributed by atoms with E-state index in [-0.39, 0.29) is 0 Å². The summed E-state index contributed by atoms with van der Waals surface area (Å²) in [6, 6.07) is 17.9. The van der Waals surface area contributed by atoms with Gasteiger partial charge in [0.2, 0.25) is 0 Å². The minimum absolute atomic E-state index is 0.724. The lowest BCUT2D eigenvalue weighted by atomic mass is 10.1. The Morgan fingerprint density at radius 1 is 0.905 bits per heavy atom. The fourth-order valence-electron chi connectivity index (χ4n) is 1.88. The fraction of sp³-hybridized carbons (Fsp3) is 0.0588. The highest BCUT2D eigenvalue weighted by Gasteiger charge is 2.04. The van der Waals surface area contributed by atoms with Crippen LogP contribution >= 0.6 is 23.4 Å². The normalized spacial score (nSPS) is 10.6. The molecule has 3 aromatic rings. The van der Waals surface area contributed by atoms with Gasteiger partial charge in [0.05, 0.1) is 5.69 Å². The van der Waals surface area contributed by atoms with Gasteiger partial charge in [0, 0.05) is 21.7 Å². The molecule has 0 aliphatic rings. The van der Waals surface area contributed by atoms with Crippen molar-refractivity contribution in [3.8, 4) is 11.3 Å². The predicted octanol–water partition coefficient (Wildman–Crippen LogP) is 5.26. The van der Waals surface area contributed by atoms with Gasteiger partial charge in [0.1, 0.15) is 0 Å². The third-order valence-electron chi connectivity index (χ3n) is 3.00. The number of aromatic nitrogens is 2. The highest BCUT2D eigenvalue weighted by Crippen LogP contribution is 2.27. The van der Waals surface area contributed by atoms with Gasteiger partial charge < -0.3 is 0 Å². The summed E-state index contributed by atoms with van der Waals surface area (Å²) >= 11 is 7.47. The number of hydrogen-bond donors (Lipinski definition) is 0. The Morgan fingerprint density at radius 3 is 2.33 bits per heavy atom. The molecule has 104 valence electrons. The van der Waals surface area contributed by atoms with Crippen LogP contribution in [0.4, 0.5) is 0 Å². The standard InChI is InChI=1S/C17H13ClN2S/c1-12-2-8-15(9-3-12)21-17-19-11-10-16(20-17)13-4-6-14(18)7-5-13/h2-11H,1H3. The van der Waals surface area contributed by atoms with E-state index in [0.717, 1.165) is 26.3 Å². The molecular formula is C17H13ClN2S. The minimum atomic E-state index is 0.724. The molecule has 2 nitrogen and oxygen atoms in total. The van der Waals surface area contributed by atoms with E-state index in [1.165, 1.54) is 5.56 Å². The van der Waals surface area contributed by atoms with E-state index in [2.05, 4.69) is 41.2 Å². The SMILES string of the molecule is Cc1ccc(Sc2nccc(-c3ccc(Cl)cc3)n2)cc1. The van der Waals surface area contributed by atoms with Gasteiger partial charge in [-0.15, -0.1) is 0 Å². The summed E-state index contributed by atoms with van der Waals surface area (Å²) in [6.07, 6.45) is 1.79. The van der Waals surface area contributed by atoms with E-state index in [1.807, 2.05) is 30.3 Å². The summed E-state index contributed by atoms with van der Waals surface area (Å²) in [4.78, 5) is 10.1. The molecule has 4 heteroatoms. The van der Waals surface area contributed by atoms with Gasteiger partial charge in [-0.25, -0.2) is 9.97 Å². The molecule has 0 saturated carbocycles. The van der Waals surface area contributed by atoms with E-state index in [0.29, 0.717) is 0 Å². The first-order valence-corrected chi connectivity index (χ1v) is 7.74. The minimum Gasteiger partial charge on any atom is -0.231 e. The number of rotatable bonds is 3. The quantitative estimate of drug-likeness (QED) is 0.617. The van der Waals surface area contributed by atoms with E-state index in [4.69, 9.17) is 11.6 Å². The maximum absolute atomic E-state index is 5.91. The van der Waals surface area contributed by atoms with Crippen molar-refractivity contribution in [1.29, 1.82) is 0 Å². The monoisotopic (exact) mass is 312 g/mol. The predicted molar refractivity (Wildman–Crippen MR) is 87.8 cm³/mol. The van der Waals surface area contributed by atoms with E-state index in [9.17, 15) is 0 Å². The van der Waals surface area contributed by atoms with Gasteiger partial charge in [0.15, 0.2) is 5.16 Å². The number of aryl methyl sites for hydroxylation is 1. The molecule has 0 aliphatic heterocycles. The van der Waals surface area contributed by atoms with Crippen LogP contribution in [0.15, 0.2) is 70.8 Å². The first kappa shape index (κ1) is 14.1. The van der Waals surface area contributed by atoms with Crippen molar-refractivity contribution in [2.45, 2.75) is 17.0 Å². The lowest BCUT2D eigenvalue weighted by Gasteiger charge is -2.04. The second kappa shape index (κ2) is 6.29. The zero-order valence-electron chi connectivity index (χ0n) is 11.5. The summed E-state index contributed by atoms with van der Waals surface area (Å²) in [5, 5.41) is 1.47. The van der Waals surface area contributed by atoms with Gasteiger partial charge >= 0.3 is 0 Å². The van der Waals surface area contributed by atoms with Crippen LogP contribution in [0.5, 0.6) is 0 Å². The summed E-state index contributed by atoms with van der Waals surface area (Å²) in [5.41, 5.74) is 3.18. The third-order valence-corrected chi connectivity index (χ3v) is 4.14. The van der Waals surface area contributed by atoms with Gasteiger partial charge in [-0.3, -0.25) is 0 Å². The molecule has 21 heavy (non-hydrogen) atoms. The number of benzene rings is 2. The molecule has 0 radical (unpaired) electrons. The Bertz CT molecular complexity index is 739.